The summed E-state index contributed by atoms with van der Waals surface area (Å²) in [7, 11) is 0. The maximum Gasteiger partial charge on any atom is 0.254 e. The molecular weight excluding hydrogens is 247 g/mol. The highest BCUT2D eigenvalue weighted by Crippen LogP contribution is 2.14. The molecule has 17 heavy (non-hydrogen) atoms. The Morgan fingerprint density at radius 1 is 1.47 bits per heavy atom. The van der Waals surface area contributed by atoms with Crippen LogP contribution in [0.4, 0.5) is 4.39 Å². The van der Waals surface area contributed by atoms with E-state index in [1.165, 1.54) is 18.4 Å². The topological polar surface area (TPSA) is 55.1 Å². The van der Waals surface area contributed by atoms with Crippen molar-refractivity contribution in [1.29, 1.82) is 0 Å². The van der Waals surface area contributed by atoms with Crippen molar-refractivity contribution < 1.29 is 13.7 Å². The van der Waals surface area contributed by atoms with Gasteiger partial charge in [-0.2, -0.15) is 0 Å². The Morgan fingerprint density at radius 3 is 3.00 bits per heavy atom. The Bertz CT molecular complexity index is 528. The minimum absolute atomic E-state index is 0.0963. The van der Waals surface area contributed by atoms with Crippen LogP contribution in [-0.2, 0) is 6.54 Å². The van der Waals surface area contributed by atoms with Crippen LogP contribution >= 0.6 is 11.6 Å². The molecule has 0 spiro atoms. The number of halogens is 2. The zero-order valence-electron chi connectivity index (χ0n) is 8.61. The summed E-state index contributed by atoms with van der Waals surface area (Å²) in [5.74, 6) is -1.17. The van der Waals surface area contributed by atoms with Gasteiger partial charge in [0.2, 0.25) is 0 Å². The van der Waals surface area contributed by atoms with E-state index in [0.717, 1.165) is 6.07 Å². The molecule has 0 unspecified atom stereocenters. The largest absolute Gasteiger partial charge is 0.364 e. The Balaban J connectivity index is 2.07. The molecule has 1 N–H and O–H groups in total. The first kappa shape index (κ1) is 11.6. The summed E-state index contributed by atoms with van der Waals surface area (Å²) in [5, 5.41) is 6.43. The van der Waals surface area contributed by atoms with Crippen molar-refractivity contribution in [3.05, 3.63) is 52.6 Å². The van der Waals surface area contributed by atoms with Crippen LogP contribution in [0, 0.1) is 5.82 Å². The first-order valence-electron chi connectivity index (χ1n) is 4.79. The van der Waals surface area contributed by atoms with Crippen molar-refractivity contribution in [2.45, 2.75) is 6.54 Å². The number of hydrogen-bond acceptors (Lipinski definition) is 3. The average molecular weight is 255 g/mol. The lowest BCUT2D eigenvalue weighted by Gasteiger charge is -2.04. The molecule has 88 valence electrons. The van der Waals surface area contributed by atoms with Crippen LogP contribution in [-0.4, -0.2) is 11.1 Å². The standard InChI is InChI=1S/C11H8ClFN2O2/c12-7-1-2-10(13)9(5-7)11(16)14-6-8-3-4-17-15-8/h1-5H,6H2,(H,14,16). The molecule has 2 rings (SSSR count). The summed E-state index contributed by atoms with van der Waals surface area (Å²) < 4.78 is 17.9. The zero-order chi connectivity index (χ0) is 12.3. The third-order valence-corrected chi connectivity index (χ3v) is 2.33. The summed E-state index contributed by atoms with van der Waals surface area (Å²) >= 11 is 5.69. The summed E-state index contributed by atoms with van der Waals surface area (Å²) in [6.45, 7) is 0.168. The van der Waals surface area contributed by atoms with E-state index in [-0.39, 0.29) is 12.1 Å². The summed E-state index contributed by atoms with van der Waals surface area (Å²) in [5.41, 5.74) is 0.460. The molecule has 0 atom stereocenters. The first-order valence-corrected chi connectivity index (χ1v) is 5.17. The lowest BCUT2D eigenvalue weighted by atomic mass is 10.2. The zero-order valence-corrected chi connectivity index (χ0v) is 9.37. The summed E-state index contributed by atoms with van der Waals surface area (Å²) in [4.78, 5) is 11.6. The number of aromatic nitrogens is 1. The van der Waals surface area contributed by atoms with E-state index in [1.807, 2.05) is 0 Å². The second-order valence-corrected chi connectivity index (χ2v) is 3.73. The number of carbonyl (C=O) groups excluding carboxylic acids is 1. The number of rotatable bonds is 3. The predicted octanol–water partition coefficient (Wildman–Crippen LogP) is 2.40. The lowest BCUT2D eigenvalue weighted by Crippen LogP contribution is -2.23. The molecule has 1 aromatic heterocycles. The molecule has 1 amide bonds. The van der Waals surface area contributed by atoms with Gasteiger partial charge in [-0.05, 0) is 18.2 Å². The van der Waals surface area contributed by atoms with Gasteiger partial charge in [0.1, 0.15) is 17.8 Å². The second kappa shape index (κ2) is 4.97. The van der Waals surface area contributed by atoms with Gasteiger partial charge in [-0.3, -0.25) is 4.79 Å². The van der Waals surface area contributed by atoms with Gasteiger partial charge in [0, 0.05) is 11.1 Å². The SMILES string of the molecule is O=C(NCc1ccon1)c1cc(Cl)ccc1F. The number of amides is 1. The molecule has 0 aliphatic carbocycles. The normalized spacial score (nSPS) is 10.2. The fourth-order valence-electron chi connectivity index (χ4n) is 1.27. The maximum atomic E-state index is 13.3. The van der Waals surface area contributed by atoms with E-state index >= 15 is 0 Å². The molecule has 4 nitrogen and oxygen atoms in total. The third kappa shape index (κ3) is 2.82. The van der Waals surface area contributed by atoms with Crippen molar-refractivity contribution in [3.63, 3.8) is 0 Å². The highest BCUT2D eigenvalue weighted by Gasteiger charge is 2.12. The van der Waals surface area contributed by atoms with Crippen LogP contribution in [0.5, 0.6) is 0 Å². The van der Waals surface area contributed by atoms with Crippen LogP contribution in [0.25, 0.3) is 0 Å². The van der Waals surface area contributed by atoms with Gasteiger partial charge in [0.15, 0.2) is 0 Å². The van der Waals surface area contributed by atoms with E-state index < -0.39 is 11.7 Å². The highest BCUT2D eigenvalue weighted by atomic mass is 35.5. The molecule has 0 aliphatic heterocycles. The molecule has 0 radical (unpaired) electrons. The first-order chi connectivity index (χ1) is 8.16. The Hall–Kier alpha value is -1.88. The fourth-order valence-corrected chi connectivity index (χ4v) is 1.44. The minimum Gasteiger partial charge on any atom is -0.364 e. The Kier molecular flexibility index (Phi) is 3.39. The van der Waals surface area contributed by atoms with Crippen LogP contribution in [0.2, 0.25) is 5.02 Å². The van der Waals surface area contributed by atoms with Crippen molar-refractivity contribution in [3.8, 4) is 0 Å². The van der Waals surface area contributed by atoms with Crippen molar-refractivity contribution in [2.75, 3.05) is 0 Å². The smallest absolute Gasteiger partial charge is 0.254 e. The van der Waals surface area contributed by atoms with Crippen LogP contribution < -0.4 is 5.32 Å². The van der Waals surface area contributed by atoms with Gasteiger partial charge in [-0.15, -0.1) is 0 Å². The fraction of sp³-hybridized carbons (Fsp3) is 0.0909. The van der Waals surface area contributed by atoms with Crippen LogP contribution in [0.1, 0.15) is 16.1 Å². The average Bonchev–Trinajstić information content (AvgIpc) is 2.82. The molecule has 0 bridgehead atoms. The highest BCUT2D eigenvalue weighted by molar-refractivity contribution is 6.30. The molecule has 0 fully saturated rings. The maximum absolute atomic E-state index is 13.3. The monoisotopic (exact) mass is 254 g/mol. The number of hydrogen-bond donors (Lipinski definition) is 1. The van der Waals surface area contributed by atoms with Crippen molar-refractivity contribution >= 4 is 17.5 Å². The van der Waals surface area contributed by atoms with E-state index in [9.17, 15) is 9.18 Å². The van der Waals surface area contributed by atoms with Gasteiger partial charge >= 0.3 is 0 Å². The quantitative estimate of drug-likeness (QED) is 0.915. The van der Waals surface area contributed by atoms with Gasteiger partial charge in [0.25, 0.3) is 5.91 Å². The number of nitrogens with zero attached hydrogens (tertiary/aromatic N) is 1. The van der Waals surface area contributed by atoms with E-state index in [2.05, 4.69) is 15.0 Å². The molecule has 0 aliphatic rings. The van der Waals surface area contributed by atoms with Crippen LogP contribution in [0.3, 0.4) is 0 Å². The predicted molar refractivity (Wildman–Crippen MR) is 59.1 cm³/mol. The summed E-state index contributed by atoms with van der Waals surface area (Å²) in [6, 6.07) is 5.41. The Labute approximate surface area is 101 Å². The number of carbonyl (C=O) groups is 1. The molecule has 1 heterocycles. The van der Waals surface area contributed by atoms with Crippen molar-refractivity contribution in [2.24, 2.45) is 0 Å². The van der Waals surface area contributed by atoms with Crippen molar-refractivity contribution in [1.82, 2.24) is 10.5 Å². The van der Waals surface area contributed by atoms with E-state index in [1.54, 1.807) is 6.07 Å². The molecular formula is C11H8ClFN2O2. The third-order valence-electron chi connectivity index (χ3n) is 2.09. The molecule has 6 heteroatoms. The molecule has 1 aromatic carbocycles. The van der Waals surface area contributed by atoms with Gasteiger partial charge in [0.05, 0.1) is 12.1 Å². The Morgan fingerprint density at radius 2 is 2.29 bits per heavy atom. The minimum atomic E-state index is -0.618. The second-order valence-electron chi connectivity index (χ2n) is 3.30. The summed E-state index contributed by atoms with van der Waals surface area (Å²) in [6.07, 6.45) is 1.39. The van der Waals surface area contributed by atoms with E-state index in [4.69, 9.17) is 11.6 Å². The van der Waals surface area contributed by atoms with Gasteiger partial charge in [-0.1, -0.05) is 16.8 Å². The molecule has 2 aromatic rings. The van der Waals surface area contributed by atoms with Crippen LogP contribution in [0.15, 0.2) is 35.1 Å². The molecule has 0 saturated heterocycles. The van der Waals surface area contributed by atoms with Gasteiger partial charge < -0.3 is 9.84 Å². The number of nitrogens with one attached hydrogen (secondary N) is 1. The molecule has 0 saturated carbocycles. The van der Waals surface area contributed by atoms with E-state index in [0.29, 0.717) is 10.7 Å². The number of benzene rings is 1. The lowest BCUT2D eigenvalue weighted by molar-refractivity contribution is 0.0946. The van der Waals surface area contributed by atoms with Gasteiger partial charge in [-0.25, -0.2) is 4.39 Å².